The molecule has 3 aromatic rings. The summed E-state index contributed by atoms with van der Waals surface area (Å²) in [4.78, 5) is 60.6. The average molecular weight is 1170 g/mol. The summed E-state index contributed by atoms with van der Waals surface area (Å²) < 4.78 is 68.8. The summed E-state index contributed by atoms with van der Waals surface area (Å²) in [5.74, 6) is -6.46. The van der Waals surface area contributed by atoms with Crippen molar-refractivity contribution in [3.05, 3.63) is 112 Å². The van der Waals surface area contributed by atoms with Gasteiger partial charge in [0.2, 0.25) is 24.9 Å². The van der Waals surface area contributed by atoms with Gasteiger partial charge in [0, 0.05) is 23.8 Å². The van der Waals surface area contributed by atoms with E-state index in [2.05, 4.69) is 0 Å². The lowest BCUT2D eigenvalue weighted by atomic mass is 9.98. The molecule has 4 aliphatic heterocycles. The highest BCUT2D eigenvalue weighted by Gasteiger charge is 2.53. The predicted octanol–water partition coefficient (Wildman–Crippen LogP) is -0.104. The number of rotatable bonds is 20. The van der Waals surface area contributed by atoms with E-state index in [1.165, 1.54) is 93.1 Å². The van der Waals surface area contributed by atoms with Crippen molar-refractivity contribution in [2.45, 2.75) is 92.4 Å². The normalized spacial score (nSPS) is 27.2. The van der Waals surface area contributed by atoms with E-state index in [0.717, 1.165) is 24.3 Å². The number of carbonyl (C=O) groups excluding carboxylic acids is 3. The van der Waals surface area contributed by atoms with Gasteiger partial charge >= 0.3 is 23.9 Å². The molecule has 28 nitrogen and oxygen atoms in total. The molecule has 12 N–H and O–H groups in total. The van der Waals surface area contributed by atoms with Gasteiger partial charge < -0.3 is 117 Å². The van der Waals surface area contributed by atoms with Crippen molar-refractivity contribution >= 4 is 36.0 Å². The fourth-order valence-corrected chi connectivity index (χ4v) is 8.67. The van der Waals surface area contributed by atoms with Crippen LogP contribution < -0.4 is 24.4 Å². The second kappa shape index (κ2) is 26.7. The van der Waals surface area contributed by atoms with Crippen LogP contribution in [0.2, 0.25) is 0 Å². The number of esters is 3. The number of carboxylic acids is 1. The molecule has 0 bridgehead atoms. The number of hydrogen-bond acceptors (Lipinski definition) is 26. The summed E-state index contributed by atoms with van der Waals surface area (Å²) in [5.41, 5.74) is 0.0293. The molecular weight excluding hydrogens is 1110 g/mol. The minimum atomic E-state index is -2.11. The minimum absolute atomic E-state index is 0.00804. The van der Waals surface area contributed by atoms with E-state index in [-0.39, 0.29) is 62.7 Å². The van der Waals surface area contributed by atoms with E-state index in [4.69, 9.17) is 61.6 Å². The molecule has 4 heterocycles. The number of ether oxygens (including phenoxy) is 11. The minimum Gasteiger partial charge on any atom is -0.508 e. The third kappa shape index (κ3) is 14.6. The molecule has 83 heavy (non-hydrogen) atoms. The fourth-order valence-electron chi connectivity index (χ4n) is 8.67. The maximum Gasteiger partial charge on any atom is 0.510 e. The molecule has 444 valence electrons. The number of aliphatic hydroxyl groups excluding tert-OH is 7. The van der Waals surface area contributed by atoms with Crippen LogP contribution in [0.1, 0.15) is 17.5 Å². The zero-order valence-corrected chi connectivity index (χ0v) is 43.6. The number of aromatic hydroxyl groups is 3. The lowest BCUT2D eigenvalue weighted by Crippen LogP contribution is -2.64. The van der Waals surface area contributed by atoms with Gasteiger partial charge in [-0.05, 0) is 77.9 Å². The Balaban J connectivity index is 1.15. The summed E-state index contributed by atoms with van der Waals surface area (Å²) in [7, 11) is 2.57. The Labute approximate surface area is 468 Å². The summed E-state index contributed by atoms with van der Waals surface area (Å²) in [5, 5.41) is 117. The number of phenolic OH excluding ortho intramolecular Hbond substituents is 3. The fraction of sp³-hybridized carbons (Fsp3) is 0.364. The van der Waals surface area contributed by atoms with Crippen molar-refractivity contribution in [3.8, 4) is 62.9 Å². The number of aliphatic hydroxyl groups is 7. The zero-order chi connectivity index (χ0) is 59.8. The van der Waals surface area contributed by atoms with Crippen LogP contribution in [-0.2, 0) is 47.5 Å². The number of methoxy groups -OCH3 is 2. The molecule has 0 aromatic heterocycles. The van der Waals surface area contributed by atoms with E-state index in [9.17, 15) is 75.0 Å². The van der Waals surface area contributed by atoms with Gasteiger partial charge in [-0.1, -0.05) is 12.1 Å². The van der Waals surface area contributed by atoms with E-state index >= 15 is 0 Å². The molecule has 3 saturated heterocycles. The highest BCUT2D eigenvalue weighted by Crippen LogP contribution is 2.44. The first kappa shape index (κ1) is 60.7. The molecule has 28 heteroatoms. The summed E-state index contributed by atoms with van der Waals surface area (Å²) in [6.45, 7) is -2.19. The molecule has 3 aromatic carbocycles. The number of phenols is 3. The van der Waals surface area contributed by atoms with Crippen LogP contribution in [0.4, 0.5) is 0 Å². The Kier molecular flexibility index (Phi) is 19.5. The Hall–Kier alpha value is -8.39. The van der Waals surface area contributed by atoms with Gasteiger partial charge in [0.1, 0.15) is 84.9 Å². The molecule has 3 fully saturated rings. The first-order valence-corrected chi connectivity index (χ1v) is 25.1. The smallest absolute Gasteiger partial charge is 0.508 e. The van der Waals surface area contributed by atoms with Crippen molar-refractivity contribution in [2.75, 3.05) is 34.0 Å². The second-order valence-corrected chi connectivity index (χ2v) is 18.8. The zero-order valence-electron chi connectivity index (χ0n) is 43.6. The summed E-state index contributed by atoms with van der Waals surface area (Å²) in [6, 6.07) is 17.0. The lowest BCUT2D eigenvalue weighted by Gasteiger charge is -2.44. The van der Waals surface area contributed by atoms with Crippen LogP contribution in [0, 0.1) is 0 Å². The summed E-state index contributed by atoms with van der Waals surface area (Å²) >= 11 is 0. The van der Waals surface area contributed by atoms with Crippen LogP contribution in [0.5, 0.6) is 40.2 Å². The van der Waals surface area contributed by atoms with Gasteiger partial charge in [-0.15, -0.1) is 0 Å². The van der Waals surface area contributed by atoms with Gasteiger partial charge in [0.05, 0.1) is 32.5 Å². The van der Waals surface area contributed by atoms with Crippen LogP contribution in [-0.4, -0.2) is 205 Å². The van der Waals surface area contributed by atoms with Gasteiger partial charge in [-0.2, -0.15) is 0 Å². The number of carbonyl (C=O) groups is 3. The molecule has 1 aliphatic carbocycles. The monoisotopic (exact) mass is 1170 g/mol. The number of aliphatic carboxylic acids is 1. The van der Waals surface area contributed by atoms with Crippen LogP contribution >= 0.6 is 0 Å². The lowest BCUT2D eigenvalue weighted by molar-refractivity contribution is -0.345. The van der Waals surface area contributed by atoms with E-state index in [1.807, 2.05) is 0 Å². The molecule has 14 unspecified atom stereocenters. The molecular formula is C55H57O28+. The van der Waals surface area contributed by atoms with Crippen molar-refractivity contribution in [1.29, 1.82) is 0 Å². The van der Waals surface area contributed by atoms with Crippen molar-refractivity contribution < 1.29 is 132 Å². The molecule has 5 aliphatic rings. The Morgan fingerprint density at radius 2 is 1.24 bits per heavy atom. The van der Waals surface area contributed by atoms with Crippen LogP contribution in [0.3, 0.4) is 0 Å². The quantitative estimate of drug-likeness (QED) is 0.0159. The van der Waals surface area contributed by atoms with Gasteiger partial charge in [0.25, 0.3) is 0 Å². The van der Waals surface area contributed by atoms with E-state index < -0.39 is 147 Å². The van der Waals surface area contributed by atoms with Crippen LogP contribution in [0.25, 0.3) is 34.8 Å². The number of carboxylic acid groups (broad SMARTS) is 1. The second-order valence-electron chi connectivity index (χ2n) is 18.8. The van der Waals surface area contributed by atoms with Gasteiger partial charge in [0.15, 0.2) is 53.0 Å². The van der Waals surface area contributed by atoms with E-state index in [0.29, 0.717) is 5.56 Å². The highest BCUT2D eigenvalue weighted by atomic mass is 16.8. The highest BCUT2D eigenvalue weighted by molar-refractivity contribution is 5.90. The molecule has 0 saturated carbocycles. The SMILES string of the molecule is COc1cc(C=CC(=O)OC2C(OC3C(Oc4cc5c(OC6OC(COC(=O)CC(=O)O)C(O)C(O)C6O)cc(=O)cc-5oc4-c4ccc(O)cc4)OC(COC(=[OH+])C=Cc4ccc(O)cc4)C(O)C3O)OCC(O)C2O)cc(OC)c1O. The maximum absolute atomic E-state index is 13.5. The van der Waals surface area contributed by atoms with Crippen molar-refractivity contribution in [2.24, 2.45) is 0 Å². The number of fused-ring (bicyclic) bond motifs is 1. The first-order chi connectivity index (χ1) is 39.6. The average Bonchev–Trinajstić information content (AvgIpc) is 3.60. The largest absolute Gasteiger partial charge is 0.510 e. The molecule has 14 atom stereocenters. The number of hydrogen-bond donors (Lipinski definition) is 11. The van der Waals surface area contributed by atoms with Crippen LogP contribution in [0.15, 0.2) is 100 Å². The predicted molar refractivity (Wildman–Crippen MR) is 277 cm³/mol. The van der Waals surface area contributed by atoms with Gasteiger partial charge in [-0.3, -0.25) is 14.4 Å². The Bertz CT molecular complexity index is 3150. The number of benzene rings is 4. The van der Waals surface area contributed by atoms with Crippen molar-refractivity contribution in [3.63, 3.8) is 0 Å². The summed E-state index contributed by atoms with van der Waals surface area (Å²) in [6.07, 6.45) is -23.1. The maximum atomic E-state index is 13.5. The van der Waals surface area contributed by atoms with E-state index in [1.54, 1.807) is 0 Å². The third-order valence-electron chi connectivity index (χ3n) is 13.0. The standard InChI is InChI=1S/C55H56O28/c1-72-34-15-25(16-35(73-2)44(34)66)6-14-41(63)82-51-43(65)31(59)21-76-54(51)83-52-48(70)46(68)38(22-74-40(62)13-5-24-3-9-27(56)10-4-24)81-55(52)79-36-19-30-32(77-50(36)26-7-11-28(57)12-8-26)17-29(58)18-33(30)78-53-49(71)47(69)45(67)37(80-53)23-75-42(64)20-39(60)61/h3-19,31,37-38,43,45-49,51-57,59,65-71H,20-23H2,1-2H3,(H,60,61)/p+1. The third-order valence-corrected chi connectivity index (χ3v) is 13.0. The Morgan fingerprint density at radius 1 is 0.639 bits per heavy atom. The van der Waals surface area contributed by atoms with Gasteiger partial charge in [-0.25, -0.2) is 4.79 Å². The molecule has 0 amide bonds. The molecule has 0 radical (unpaired) electrons. The molecule has 8 rings (SSSR count). The Morgan fingerprint density at radius 3 is 1.89 bits per heavy atom. The topological polar surface area (TPSA) is 427 Å². The first-order valence-electron chi connectivity index (χ1n) is 25.1. The van der Waals surface area contributed by atoms with Crippen molar-refractivity contribution in [1.82, 2.24) is 0 Å². The molecule has 0 spiro atoms.